The number of anilines is 1. The average molecular weight is 489 g/mol. The van der Waals surface area contributed by atoms with Gasteiger partial charge in [-0.1, -0.05) is 34.4 Å². The lowest BCUT2D eigenvalue weighted by Gasteiger charge is -2.30. The Morgan fingerprint density at radius 3 is 2.91 bits per heavy atom. The molecule has 1 aliphatic rings. The highest BCUT2D eigenvalue weighted by Gasteiger charge is 2.27. The van der Waals surface area contributed by atoms with Crippen molar-refractivity contribution in [2.24, 2.45) is 5.92 Å². The zero-order valence-corrected chi connectivity index (χ0v) is 20.1. The van der Waals surface area contributed by atoms with E-state index < -0.39 is 0 Å². The minimum Gasteiger partial charge on any atom is -0.491 e. The van der Waals surface area contributed by atoms with Crippen LogP contribution < -0.4 is 10.1 Å². The summed E-state index contributed by atoms with van der Waals surface area (Å²) in [6, 6.07) is 12.6. The number of nitrogens with one attached hydrogen (secondary N) is 1. The van der Waals surface area contributed by atoms with E-state index in [-0.39, 0.29) is 17.9 Å². The molecule has 1 fully saturated rings. The smallest absolute Gasteiger partial charge is 0.241 e. The Hall–Kier alpha value is -2.61. The molecule has 0 aliphatic carbocycles. The van der Waals surface area contributed by atoms with Gasteiger partial charge >= 0.3 is 0 Å². The maximum atomic E-state index is 12.9. The van der Waals surface area contributed by atoms with E-state index in [1.807, 2.05) is 38.1 Å². The molecule has 3 aromatic rings. The summed E-state index contributed by atoms with van der Waals surface area (Å²) >= 11 is 12.2. The molecule has 2 aromatic carbocycles. The summed E-state index contributed by atoms with van der Waals surface area (Å²) in [4.78, 5) is 19.5. The fourth-order valence-corrected chi connectivity index (χ4v) is 4.36. The van der Waals surface area contributed by atoms with Crippen LogP contribution in [0.15, 0.2) is 47.0 Å². The lowest BCUT2D eigenvalue weighted by Crippen LogP contribution is -2.40. The van der Waals surface area contributed by atoms with Crippen molar-refractivity contribution in [3.05, 3.63) is 58.4 Å². The summed E-state index contributed by atoms with van der Waals surface area (Å²) in [6.45, 7) is 5.89. The number of piperidine rings is 1. The Bertz CT molecular complexity index is 1120. The molecule has 9 heteroatoms. The molecule has 0 radical (unpaired) electrons. The maximum absolute atomic E-state index is 12.9. The fraction of sp³-hybridized carbons (Fsp3) is 0.375. The summed E-state index contributed by atoms with van der Waals surface area (Å²) in [5.41, 5.74) is 1.40. The number of hydrogen-bond donors (Lipinski definition) is 1. The van der Waals surface area contributed by atoms with Gasteiger partial charge in [0.1, 0.15) is 5.75 Å². The number of halogens is 2. The van der Waals surface area contributed by atoms with Gasteiger partial charge < -0.3 is 14.6 Å². The largest absolute Gasteiger partial charge is 0.491 e. The molecular formula is C24H26Cl2N4O3. The second-order valence-corrected chi connectivity index (χ2v) is 9.24. The first kappa shape index (κ1) is 23.5. The molecule has 4 rings (SSSR count). The highest BCUT2D eigenvalue weighted by molar-refractivity contribution is 6.36. The third kappa shape index (κ3) is 6.25. The molecule has 1 amide bonds. The number of likely N-dealkylation sites (tertiary alicyclic amines) is 1. The van der Waals surface area contributed by atoms with Gasteiger partial charge in [-0.15, -0.1) is 0 Å². The molecule has 0 bridgehead atoms. The summed E-state index contributed by atoms with van der Waals surface area (Å²) < 4.78 is 11.1. The summed E-state index contributed by atoms with van der Waals surface area (Å²) in [7, 11) is 0. The number of amides is 1. The van der Waals surface area contributed by atoms with Crippen molar-refractivity contribution in [1.82, 2.24) is 15.0 Å². The number of hydrogen-bond acceptors (Lipinski definition) is 6. The van der Waals surface area contributed by atoms with Crippen LogP contribution in [0.5, 0.6) is 5.75 Å². The van der Waals surface area contributed by atoms with Crippen LogP contribution >= 0.6 is 23.2 Å². The maximum Gasteiger partial charge on any atom is 0.241 e. The van der Waals surface area contributed by atoms with E-state index in [1.54, 1.807) is 18.2 Å². The van der Waals surface area contributed by atoms with Crippen LogP contribution in [-0.2, 0) is 11.3 Å². The van der Waals surface area contributed by atoms with E-state index in [2.05, 4.69) is 20.4 Å². The lowest BCUT2D eigenvalue weighted by molar-refractivity contribution is -0.121. The molecular weight excluding hydrogens is 463 g/mol. The Balaban J connectivity index is 1.36. The molecule has 0 spiro atoms. The van der Waals surface area contributed by atoms with Gasteiger partial charge in [0.25, 0.3) is 0 Å². The van der Waals surface area contributed by atoms with E-state index >= 15 is 0 Å². The number of benzene rings is 2. The van der Waals surface area contributed by atoms with Gasteiger partial charge in [0.05, 0.1) is 23.6 Å². The molecule has 2 heterocycles. The first-order valence-corrected chi connectivity index (χ1v) is 11.7. The van der Waals surface area contributed by atoms with E-state index in [1.165, 1.54) is 0 Å². The lowest BCUT2D eigenvalue weighted by atomic mass is 9.97. The first-order valence-electron chi connectivity index (χ1n) is 11.0. The molecule has 1 atom stereocenters. The predicted octanol–water partition coefficient (Wildman–Crippen LogP) is 5.68. The SMILES string of the molecule is CC(C)Oc1cccc(NC(=O)C2CCCN(Cc3nc(-c4ccc(Cl)cc4Cl)no3)C2)c1. The molecule has 174 valence electrons. The van der Waals surface area contributed by atoms with E-state index in [9.17, 15) is 4.79 Å². The van der Waals surface area contributed by atoms with Crippen LogP contribution in [0.25, 0.3) is 11.4 Å². The second kappa shape index (κ2) is 10.5. The Kier molecular flexibility index (Phi) is 7.53. The van der Waals surface area contributed by atoms with Crippen molar-refractivity contribution in [2.45, 2.75) is 39.3 Å². The quantitative estimate of drug-likeness (QED) is 0.460. The average Bonchev–Trinajstić information content (AvgIpc) is 3.21. The third-order valence-electron chi connectivity index (χ3n) is 5.35. The van der Waals surface area contributed by atoms with Crippen LogP contribution in [-0.4, -0.2) is 40.1 Å². The number of ether oxygens (including phenoxy) is 1. The van der Waals surface area contributed by atoms with Crippen molar-refractivity contribution in [2.75, 3.05) is 18.4 Å². The molecule has 0 saturated carbocycles. The third-order valence-corrected chi connectivity index (χ3v) is 5.90. The monoisotopic (exact) mass is 488 g/mol. The van der Waals surface area contributed by atoms with Gasteiger partial charge in [-0.3, -0.25) is 9.69 Å². The van der Waals surface area contributed by atoms with Gasteiger partial charge in [-0.25, -0.2) is 0 Å². The van der Waals surface area contributed by atoms with Crippen LogP contribution in [0, 0.1) is 5.92 Å². The van der Waals surface area contributed by atoms with Crippen molar-refractivity contribution < 1.29 is 14.1 Å². The Labute approximate surface area is 203 Å². The van der Waals surface area contributed by atoms with E-state index in [0.29, 0.717) is 40.4 Å². The Morgan fingerprint density at radius 1 is 1.27 bits per heavy atom. The standard InChI is InChI=1S/C24H26Cl2N4O3/c1-15(2)32-19-7-3-6-18(12-19)27-24(31)16-5-4-10-30(13-16)14-22-28-23(29-33-22)20-9-8-17(25)11-21(20)26/h3,6-9,11-12,15-16H,4-5,10,13-14H2,1-2H3,(H,27,31). The highest BCUT2D eigenvalue weighted by Crippen LogP contribution is 2.29. The molecule has 1 unspecified atom stereocenters. The van der Waals surface area contributed by atoms with Crippen molar-refractivity contribution in [3.63, 3.8) is 0 Å². The zero-order chi connectivity index (χ0) is 23.4. The molecule has 33 heavy (non-hydrogen) atoms. The summed E-state index contributed by atoms with van der Waals surface area (Å²) in [6.07, 6.45) is 1.82. The highest BCUT2D eigenvalue weighted by atomic mass is 35.5. The number of carbonyl (C=O) groups excluding carboxylic acids is 1. The molecule has 7 nitrogen and oxygen atoms in total. The van der Waals surface area contributed by atoms with Crippen molar-refractivity contribution in [1.29, 1.82) is 0 Å². The fourth-order valence-electron chi connectivity index (χ4n) is 3.87. The van der Waals surface area contributed by atoms with Crippen LogP contribution in [0.2, 0.25) is 10.0 Å². The van der Waals surface area contributed by atoms with Crippen LogP contribution in [0.1, 0.15) is 32.6 Å². The zero-order valence-electron chi connectivity index (χ0n) is 18.6. The minimum absolute atomic E-state index is 0.000520. The normalized spacial score (nSPS) is 16.7. The van der Waals surface area contributed by atoms with Crippen molar-refractivity contribution in [3.8, 4) is 17.1 Å². The van der Waals surface area contributed by atoms with Crippen LogP contribution in [0.3, 0.4) is 0 Å². The van der Waals surface area contributed by atoms with Crippen molar-refractivity contribution >= 4 is 34.8 Å². The van der Waals surface area contributed by atoms with Gasteiger partial charge in [0.15, 0.2) is 0 Å². The number of nitrogens with zero attached hydrogens (tertiary/aromatic N) is 3. The van der Waals surface area contributed by atoms with E-state index in [0.717, 1.165) is 30.8 Å². The predicted molar refractivity (Wildman–Crippen MR) is 129 cm³/mol. The van der Waals surface area contributed by atoms with Gasteiger partial charge in [-0.05, 0) is 63.6 Å². The molecule has 1 saturated heterocycles. The van der Waals surface area contributed by atoms with Gasteiger partial charge in [-0.2, -0.15) is 4.98 Å². The number of carbonyl (C=O) groups is 1. The summed E-state index contributed by atoms with van der Waals surface area (Å²) in [5, 5.41) is 8.08. The first-order chi connectivity index (χ1) is 15.9. The van der Waals surface area contributed by atoms with Gasteiger partial charge in [0.2, 0.25) is 17.6 Å². The van der Waals surface area contributed by atoms with Crippen LogP contribution in [0.4, 0.5) is 5.69 Å². The molecule has 1 N–H and O–H groups in total. The number of aromatic nitrogens is 2. The van der Waals surface area contributed by atoms with Gasteiger partial charge in [0, 0.05) is 28.9 Å². The second-order valence-electron chi connectivity index (χ2n) is 8.39. The minimum atomic E-state index is -0.124. The topological polar surface area (TPSA) is 80.5 Å². The summed E-state index contributed by atoms with van der Waals surface area (Å²) in [5.74, 6) is 1.51. The number of rotatable bonds is 7. The van der Waals surface area contributed by atoms with E-state index in [4.69, 9.17) is 32.5 Å². The molecule has 1 aromatic heterocycles. The Morgan fingerprint density at radius 2 is 2.12 bits per heavy atom. The molecule has 1 aliphatic heterocycles.